The summed E-state index contributed by atoms with van der Waals surface area (Å²) in [6, 6.07) is 3.11. The zero-order valence-corrected chi connectivity index (χ0v) is 12.8. The molecule has 1 aliphatic heterocycles. The molecule has 3 aromatic rings. The molecule has 0 saturated carbocycles. The van der Waals surface area contributed by atoms with Gasteiger partial charge in [0.2, 0.25) is 5.91 Å². The second-order valence-electron chi connectivity index (χ2n) is 5.82. The van der Waals surface area contributed by atoms with E-state index in [1.54, 1.807) is 18.5 Å². The van der Waals surface area contributed by atoms with Crippen LogP contribution in [0.15, 0.2) is 30.9 Å². The fourth-order valence-corrected chi connectivity index (χ4v) is 3.22. The Kier molecular flexibility index (Phi) is 3.30. The topological polar surface area (TPSA) is 121 Å². The van der Waals surface area contributed by atoms with Gasteiger partial charge in [-0.15, -0.1) is 0 Å². The average molecular weight is 326 g/mol. The van der Waals surface area contributed by atoms with Crippen LogP contribution in [0.5, 0.6) is 0 Å². The standard InChI is InChI=1S/C16H16N6O2.H2/c17-14(23)12-2-1-5-22(12)16(24)11-6-9(7-19-11)13-10-3-4-18-15(10)21-8-20-13;/h3-4,6-8,12,19H,1-2,5H2,(H2,17,23)(H,18,20,21);1H. The van der Waals surface area contributed by atoms with Crippen molar-refractivity contribution in [2.45, 2.75) is 18.9 Å². The molecule has 0 aliphatic carbocycles. The molecule has 1 unspecified atom stereocenters. The molecule has 1 fully saturated rings. The summed E-state index contributed by atoms with van der Waals surface area (Å²) in [6.45, 7) is 0.538. The number of hydrogen-bond acceptors (Lipinski definition) is 4. The minimum absolute atomic E-state index is 0. The molecule has 1 atom stereocenters. The lowest BCUT2D eigenvalue weighted by Crippen LogP contribution is -2.43. The lowest BCUT2D eigenvalue weighted by Gasteiger charge is -2.21. The van der Waals surface area contributed by atoms with Gasteiger partial charge in [0.1, 0.15) is 23.7 Å². The van der Waals surface area contributed by atoms with Crippen LogP contribution in [0.3, 0.4) is 0 Å². The van der Waals surface area contributed by atoms with Crippen LogP contribution in [0, 0.1) is 0 Å². The minimum atomic E-state index is -0.528. The molecule has 8 nitrogen and oxygen atoms in total. The number of fused-ring (bicyclic) bond motifs is 1. The number of aromatic amines is 2. The number of carbonyl (C=O) groups excluding carboxylic acids is 2. The Labute approximate surface area is 138 Å². The molecule has 2 amide bonds. The van der Waals surface area contributed by atoms with Crippen LogP contribution in [0.2, 0.25) is 0 Å². The second kappa shape index (κ2) is 5.48. The van der Waals surface area contributed by atoms with Gasteiger partial charge in [0.05, 0.1) is 5.69 Å². The number of rotatable bonds is 3. The first-order chi connectivity index (χ1) is 11.6. The maximum Gasteiger partial charge on any atom is 0.270 e. The van der Waals surface area contributed by atoms with Crippen LogP contribution in [0.4, 0.5) is 0 Å². The van der Waals surface area contributed by atoms with Crippen LogP contribution < -0.4 is 5.73 Å². The molecule has 3 aromatic heterocycles. The molecule has 1 aliphatic rings. The second-order valence-corrected chi connectivity index (χ2v) is 5.82. The average Bonchev–Trinajstić information content (AvgIpc) is 3.31. The van der Waals surface area contributed by atoms with E-state index in [0.717, 1.165) is 28.7 Å². The quantitative estimate of drug-likeness (QED) is 0.671. The SMILES string of the molecule is NC(=O)C1CCCN1C(=O)c1cc(-c2ncnc3[nH]ccc23)c[nH]1.[HH]. The number of amides is 2. The number of hydrogen-bond donors (Lipinski definition) is 3. The molecular formula is C16H18N6O2. The molecule has 0 bridgehead atoms. The zero-order chi connectivity index (χ0) is 16.7. The maximum absolute atomic E-state index is 12.7. The Balaban J connectivity index is 0.00000182. The normalized spacial score (nSPS) is 17.5. The van der Waals surface area contributed by atoms with E-state index in [9.17, 15) is 9.59 Å². The zero-order valence-electron chi connectivity index (χ0n) is 12.8. The predicted octanol–water partition coefficient (Wildman–Crippen LogP) is 1.29. The lowest BCUT2D eigenvalue weighted by atomic mass is 10.1. The molecule has 4 heterocycles. The summed E-state index contributed by atoms with van der Waals surface area (Å²) >= 11 is 0. The maximum atomic E-state index is 12.7. The van der Waals surface area contributed by atoms with Gasteiger partial charge in [0, 0.05) is 31.3 Å². The van der Waals surface area contributed by atoms with Crippen molar-refractivity contribution >= 4 is 22.8 Å². The Bertz CT molecular complexity index is 934. The Hall–Kier alpha value is -3.16. The van der Waals surface area contributed by atoms with Gasteiger partial charge in [0.25, 0.3) is 5.91 Å². The van der Waals surface area contributed by atoms with E-state index in [2.05, 4.69) is 19.9 Å². The number of nitrogens with one attached hydrogen (secondary N) is 2. The summed E-state index contributed by atoms with van der Waals surface area (Å²) in [5.74, 6) is -0.681. The Morgan fingerprint density at radius 3 is 3.04 bits per heavy atom. The van der Waals surface area contributed by atoms with Gasteiger partial charge in [-0.2, -0.15) is 0 Å². The van der Waals surface area contributed by atoms with Crippen LogP contribution in [0.1, 0.15) is 24.8 Å². The van der Waals surface area contributed by atoms with Gasteiger partial charge in [0.15, 0.2) is 0 Å². The molecule has 4 rings (SSSR count). The molecule has 24 heavy (non-hydrogen) atoms. The molecular weight excluding hydrogens is 308 g/mol. The van der Waals surface area contributed by atoms with E-state index in [0.29, 0.717) is 18.7 Å². The lowest BCUT2D eigenvalue weighted by molar-refractivity contribution is -0.121. The van der Waals surface area contributed by atoms with Gasteiger partial charge < -0.3 is 20.6 Å². The predicted molar refractivity (Wildman–Crippen MR) is 89.0 cm³/mol. The molecule has 0 aromatic carbocycles. The molecule has 1 saturated heterocycles. The molecule has 0 spiro atoms. The number of H-pyrrole nitrogens is 2. The highest BCUT2D eigenvalue weighted by molar-refractivity contribution is 5.98. The van der Waals surface area contributed by atoms with Gasteiger partial charge in [-0.3, -0.25) is 9.59 Å². The van der Waals surface area contributed by atoms with E-state index in [4.69, 9.17) is 5.73 Å². The monoisotopic (exact) mass is 326 g/mol. The van der Waals surface area contributed by atoms with Crippen LogP contribution >= 0.6 is 0 Å². The van der Waals surface area contributed by atoms with Crippen LogP contribution in [-0.2, 0) is 4.79 Å². The summed E-state index contributed by atoms with van der Waals surface area (Å²) in [5.41, 5.74) is 8.07. The summed E-state index contributed by atoms with van der Waals surface area (Å²) in [5, 5.41) is 0.881. The van der Waals surface area contributed by atoms with Crippen molar-refractivity contribution in [3.63, 3.8) is 0 Å². The van der Waals surface area contributed by atoms with Gasteiger partial charge >= 0.3 is 0 Å². The highest BCUT2D eigenvalue weighted by atomic mass is 16.2. The van der Waals surface area contributed by atoms with Crippen molar-refractivity contribution < 1.29 is 11.0 Å². The number of nitrogens with two attached hydrogens (primary N) is 1. The fourth-order valence-electron chi connectivity index (χ4n) is 3.22. The number of primary amides is 1. The molecule has 124 valence electrons. The smallest absolute Gasteiger partial charge is 0.270 e. The summed E-state index contributed by atoms with van der Waals surface area (Å²) < 4.78 is 0. The van der Waals surface area contributed by atoms with Crippen molar-refractivity contribution in [2.75, 3.05) is 6.54 Å². The van der Waals surface area contributed by atoms with Crippen molar-refractivity contribution in [3.05, 3.63) is 36.5 Å². The summed E-state index contributed by atoms with van der Waals surface area (Å²) in [7, 11) is 0. The van der Waals surface area contributed by atoms with Gasteiger partial charge in [-0.1, -0.05) is 0 Å². The Morgan fingerprint density at radius 2 is 2.21 bits per heavy atom. The third kappa shape index (κ3) is 2.23. The van der Waals surface area contributed by atoms with Gasteiger partial charge in [-0.05, 0) is 25.0 Å². The summed E-state index contributed by atoms with van der Waals surface area (Å²) in [6.07, 6.45) is 6.40. The largest absolute Gasteiger partial charge is 0.368 e. The van der Waals surface area contributed by atoms with Crippen LogP contribution in [-0.4, -0.2) is 49.2 Å². The number of likely N-dealkylation sites (tertiary alicyclic amines) is 1. The highest BCUT2D eigenvalue weighted by Gasteiger charge is 2.33. The van der Waals surface area contributed by atoms with Crippen molar-refractivity contribution in [3.8, 4) is 11.3 Å². The van der Waals surface area contributed by atoms with E-state index in [1.807, 2.05) is 6.07 Å². The van der Waals surface area contributed by atoms with E-state index in [-0.39, 0.29) is 7.33 Å². The van der Waals surface area contributed by atoms with Gasteiger partial charge in [-0.25, -0.2) is 9.97 Å². The first kappa shape index (κ1) is 14.4. The third-order valence-electron chi connectivity index (χ3n) is 4.38. The Morgan fingerprint density at radius 1 is 1.33 bits per heavy atom. The first-order valence-electron chi connectivity index (χ1n) is 7.72. The van der Waals surface area contributed by atoms with Crippen molar-refractivity contribution in [1.82, 2.24) is 24.8 Å². The molecule has 4 N–H and O–H groups in total. The first-order valence-corrected chi connectivity index (χ1v) is 7.72. The van der Waals surface area contributed by atoms with E-state index < -0.39 is 11.9 Å². The van der Waals surface area contributed by atoms with Crippen LogP contribution in [0.25, 0.3) is 22.3 Å². The molecule has 8 heteroatoms. The number of nitrogens with zero attached hydrogens (tertiary/aromatic N) is 3. The minimum Gasteiger partial charge on any atom is -0.368 e. The number of aromatic nitrogens is 4. The van der Waals surface area contributed by atoms with E-state index in [1.165, 1.54) is 11.2 Å². The fraction of sp³-hybridized carbons (Fsp3) is 0.250. The molecule has 0 radical (unpaired) electrons. The van der Waals surface area contributed by atoms with Crippen molar-refractivity contribution in [2.24, 2.45) is 5.73 Å². The highest BCUT2D eigenvalue weighted by Crippen LogP contribution is 2.26. The summed E-state index contributed by atoms with van der Waals surface area (Å²) in [4.78, 5) is 40.2. The van der Waals surface area contributed by atoms with Crippen molar-refractivity contribution in [1.29, 1.82) is 0 Å². The third-order valence-corrected chi connectivity index (χ3v) is 4.38. The number of carbonyl (C=O) groups is 2. The van der Waals surface area contributed by atoms with E-state index >= 15 is 0 Å².